The third-order valence-electron chi connectivity index (χ3n) is 13.7. The Morgan fingerprint density at radius 2 is 1.10 bits per heavy atom. The Hall–Kier alpha value is -5.60. The summed E-state index contributed by atoms with van der Waals surface area (Å²) in [7, 11) is 0. The van der Waals surface area contributed by atoms with Crippen molar-refractivity contribution in [3.63, 3.8) is 0 Å². The summed E-state index contributed by atoms with van der Waals surface area (Å²) >= 11 is 0. The topological polar surface area (TPSA) is 8.17 Å². The highest BCUT2D eigenvalue weighted by atomic mass is 15.1. The molecular weight excluding hydrogens is 629 g/mol. The van der Waals surface area contributed by atoms with E-state index >= 15 is 0 Å². The van der Waals surface area contributed by atoms with Crippen molar-refractivity contribution in [2.45, 2.75) is 37.5 Å². The van der Waals surface area contributed by atoms with Crippen LogP contribution in [0.1, 0.15) is 43.2 Å². The molecular formula is C50H40N2. The molecule has 5 aliphatic rings. The molecule has 4 fully saturated rings. The largest absolute Gasteiger partial charge is 0.310 e. The van der Waals surface area contributed by atoms with Crippen molar-refractivity contribution >= 4 is 49.6 Å². The Labute approximate surface area is 305 Å². The van der Waals surface area contributed by atoms with Gasteiger partial charge in [0, 0.05) is 38.6 Å². The molecule has 1 aromatic heterocycles. The van der Waals surface area contributed by atoms with Gasteiger partial charge in [0.2, 0.25) is 0 Å². The van der Waals surface area contributed by atoms with Gasteiger partial charge >= 0.3 is 0 Å². The van der Waals surface area contributed by atoms with Gasteiger partial charge in [-0.05, 0) is 132 Å². The maximum absolute atomic E-state index is 2.56. The lowest BCUT2D eigenvalue weighted by Gasteiger charge is -2.61. The molecule has 0 amide bonds. The number of nitrogens with zero attached hydrogens (tertiary/aromatic N) is 2. The smallest absolute Gasteiger partial charge is 0.0561 e. The van der Waals surface area contributed by atoms with Gasteiger partial charge < -0.3 is 9.47 Å². The van der Waals surface area contributed by atoms with Crippen molar-refractivity contribution in [1.29, 1.82) is 0 Å². The molecule has 2 heteroatoms. The summed E-state index contributed by atoms with van der Waals surface area (Å²) in [5.74, 6) is 3.39. The number of rotatable bonds is 4. The van der Waals surface area contributed by atoms with Gasteiger partial charge in [-0.1, -0.05) is 109 Å². The zero-order chi connectivity index (χ0) is 34.0. The fourth-order valence-electron chi connectivity index (χ4n) is 12.1. The third-order valence-corrected chi connectivity index (χ3v) is 13.7. The van der Waals surface area contributed by atoms with Gasteiger partial charge in [-0.15, -0.1) is 0 Å². The molecule has 4 bridgehead atoms. The normalized spacial score (nSPS) is 23.8. The van der Waals surface area contributed by atoms with E-state index in [9.17, 15) is 0 Å². The highest BCUT2D eigenvalue weighted by molar-refractivity contribution is 6.11. The van der Waals surface area contributed by atoms with Crippen LogP contribution in [0.15, 0.2) is 158 Å². The van der Waals surface area contributed by atoms with E-state index in [1.54, 1.807) is 11.1 Å². The lowest BCUT2D eigenvalue weighted by molar-refractivity contribution is -0.0399. The van der Waals surface area contributed by atoms with E-state index < -0.39 is 0 Å². The molecule has 0 N–H and O–H groups in total. The maximum atomic E-state index is 2.56. The fourth-order valence-corrected chi connectivity index (χ4v) is 12.1. The van der Waals surface area contributed by atoms with Crippen LogP contribution in [-0.4, -0.2) is 4.57 Å². The van der Waals surface area contributed by atoms with Crippen LogP contribution in [0.25, 0.3) is 49.4 Å². The van der Waals surface area contributed by atoms with E-state index in [-0.39, 0.29) is 5.41 Å². The molecule has 5 aliphatic carbocycles. The first kappa shape index (κ1) is 29.0. The highest BCUT2D eigenvalue weighted by Crippen LogP contribution is 2.69. The van der Waals surface area contributed by atoms with Crippen LogP contribution in [0.2, 0.25) is 0 Å². The number of fused-ring (bicyclic) bond motifs is 7. The van der Waals surface area contributed by atoms with Gasteiger partial charge in [0.25, 0.3) is 0 Å². The average molecular weight is 669 g/mol. The maximum Gasteiger partial charge on any atom is 0.0561 e. The lowest BCUT2D eigenvalue weighted by Crippen LogP contribution is -2.55. The molecule has 8 aromatic rings. The standard InChI is InChI=1S/C50H40N2/c1-2-13-37(14-3-1)52-48-19-9-7-17-42(48)43-23-21-39(31-49(43)52)51(47-20-10-12-34-11-4-5-15-40(34)47)38-22-24-46-44(30-38)41-16-6-8-18-45(41)50(46)35-26-32-25-33(28-35)29-36(50)27-32/h1-24,30-33,35-36H,25-29H2. The van der Waals surface area contributed by atoms with Crippen molar-refractivity contribution in [1.82, 2.24) is 4.57 Å². The Balaban J connectivity index is 1.11. The molecule has 0 atom stereocenters. The van der Waals surface area contributed by atoms with Crippen LogP contribution in [0, 0.1) is 23.7 Å². The van der Waals surface area contributed by atoms with Crippen LogP contribution in [-0.2, 0) is 5.41 Å². The Morgan fingerprint density at radius 1 is 0.462 bits per heavy atom. The van der Waals surface area contributed by atoms with Crippen molar-refractivity contribution in [2.24, 2.45) is 23.7 Å². The molecule has 250 valence electrons. The minimum atomic E-state index is 0.164. The number of hydrogen-bond donors (Lipinski definition) is 0. The quantitative estimate of drug-likeness (QED) is 0.181. The van der Waals surface area contributed by atoms with Gasteiger partial charge in [0.1, 0.15) is 0 Å². The van der Waals surface area contributed by atoms with Crippen molar-refractivity contribution < 1.29 is 0 Å². The summed E-state index contributed by atoms with van der Waals surface area (Å²) in [4.78, 5) is 2.53. The molecule has 0 radical (unpaired) electrons. The van der Waals surface area contributed by atoms with E-state index in [0.717, 1.165) is 23.7 Å². The average Bonchev–Trinajstić information content (AvgIpc) is 3.67. The van der Waals surface area contributed by atoms with Gasteiger partial charge in [0.05, 0.1) is 16.7 Å². The molecule has 0 saturated heterocycles. The third kappa shape index (κ3) is 3.85. The van der Waals surface area contributed by atoms with E-state index in [4.69, 9.17) is 0 Å². The molecule has 7 aromatic carbocycles. The van der Waals surface area contributed by atoms with Gasteiger partial charge in [-0.25, -0.2) is 0 Å². The predicted molar refractivity (Wildman–Crippen MR) is 216 cm³/mol. The first-order valence-electron chi connectivity index (χ1n) is 19.4. The van der Waals surface area contributed by atoms with E-state index in [1.165, 1.54) is 98.6 Å². The summed E-state index contributed by atoms with van der Waals surface area (Å²) in [6.07, 6.45) is 7.09. The number of hydrogen-bond acceptors (Lipinski definition) is 1. The summed E-state index contributed by atoms with van der Waals surface area (Å²) in [6, 6.07) is 59.4. The minimum Gasteiger partial charge on any atom is -0.310 e. The second-order valence-electron chi connectivity index (χ2n) is 16.2. The fraction of sp³-hybridized carbons (Fsp3) is 0.200. The molecule has 2 nitrogen and oxygen atoms in total. The van der Waals surface area contributed by atoms with Crippen LogP contribution < -0.4 is 4.90 Å². The van der Waals surface area contributed by atoms with E-state index in [2.05, 4.69) is 167 Å². The Kier molecular flexibility index (Phi) is 5.98. The molecule has 1 heterocycles. The summed E-state index contributed by atoms with van der Waals surface area (Å²) in [5, 5.41) is 5.06. The minimum absolute atomic E-state index is 0.164. The van der Waals surface area contributed by atoms with Crippen molar-refractivity contribution in [3.05, 3.63) is 169 Å². The van der Waals surface area contributed by atoms with Crippen LogP contribution in [0.4, 0.5) is 17.1 Å². The summed E-state index contributed by atoms with van der Waals surface area (Å²) in [6.45, 7) is 0. The van der Waals surface area contributed by atoms with Gasteiger partial charge in [-0.3, -0.25) is 0 Å². The van der Waals surface area contributed by atoms with Crippen molar-refractivity contribution in [2.75, 3.05) is 4.90 Å². The molecule has 52 heavy (non-hydrogen) atoms. The molecule has 4 saturated carbocycles. The molecule has 13 rings (SSSR count). The highest BCUT2D eigenvalue weighted by Gasteiger charge is 2.61. The van der Waals surface area contributed by atoms with E-state index in [0.29, 0.717) is 0 Å². The van der Waals surface area contributed by atoms with Crippen LogP contribution in [0.3, 0.4) is 0 Å². The van der Waals surface area contributed by atoms with Crippen molar-refractivity contribution in [3.8, 4) is 16.8 Å². The zero-order valence-corrected chi connectivity index (χ0v) is 29.3. The van der Waals surface area contributed by atoms with Crippen LogP contribution >= 0.6 is 0 Å². The second-order valence-corrected chi connectivity index (χ2v) is 16.2. The van der Waals surface area contributed by atoms with E-state index in [1.807, 2.05) is 0 Å². The Bertz CT molecular complexity index is 2680. The zero-order valence-electron chi connectivity index (χ0n) is 29.3. The lowest BCUT2D eigenvalue weighted by atomic mass is 9.43. The monoisotopic (exact) mass is 668 g/mol. The predicted octanol–water partition coefficient (Wildman–Crippen LogP) is 13.1. The first-order chi connectivity index (χ1) is 25.8. The molecule has 0 unspecified atom stereocenters. The van der Waals surface area contributed by atoms with Gasteiger partial charge in [-0.2, -0.15) is 0 Å². The summed E-state index contributed by atoms with van der Waals surface area (Å²) < 4.78 is 2.44. The SMILES string of the molecule is c1ccc(-n2c3ccccc3c3ccc(N(c4ccc5c(c4)-c4ccccc4C54C5CC6CC(C5)CC4C6)c4cccc5ccccc45)cc32)cc1. The molecule has 1 spiro atoms. The second kappa shape index (κ2) is 10.7. The summed E-state index contributed by atoms with van der Waals surface area (Å²) in [5.41, 5.74) is 13.5. The number of benzene rings is 7. The van der Waals surface area contributed by atoms with Crippen LogP contribution in [0.5, 0.6) is 0 Å². The number of para-hydroxylation sites is 2. The Morgan fingerprint density at radius 3 is 1.94 bits per heavy atom. The number of aromatic nitrogens is 1. The number of anilines is 3. The first-order valence-corrected chi connectivity index (χ1v) is 19.4. The molecule has 0 aliphatic heterocycles. The van der Waals surface area contributed by atoms with Gasteiger partial charge in [0.15, 0.2) is 0 Å².